The number of rotatable bonds is 3. The number of H-pyrrole nitrogens is 1. The Morgan fingerprint density at radius 2 is 1.97 bits per heavy atom. The van der Waals surface area contributed by atoms with Gasteiger partial charge in [0.25, 0.3) is 0 Å². The summed E-state index contributed by atoms with van der Waals surface area (Å²) in [4.78, 5) is 12.5. The normalized spacial score (nSPS) is 19.4. The number of fused-ring (bicyclic) bond motifs is 1. The van der Waals surface area contributed by atoms with E-state index in [9.17, 15) is 0 Å². The Balaban J connectivity index is 1.64. The molecule has 2 atom stereocenters. The van der Waals surface area contributed by atoms with Gasteiger partial charge in [0.1, 0.15) is 11.5 Å². The van der Waals surface area contributed by atoms with Crippen molar-refractivity contribution in [3.8, 4) is 5.69 Å². The predicted octanol–water partition coefficient (Wildman–Crippen LogP) is 4.80. The monoisotopic (exact) mass is 405 g/mol. The van der Waals surface area contributed by atoms with Crippen LogP contribution < -0.4 is 4.90 Å². The Morgan fingerprint density at radius 3 is 2.76 bits per heavy atom. The molecular weight excluding hydrogens is 384 g/mol. The van der Waals surface area contributed by atoms with Gasteiger partial charge < -0.3 is 9.88 Å². The third-order valence-electron chi connectivity index (χ3n) is 5.82. The van der Waals surface area contributed by atoms with Crippen LogP contribution in [0.25, 0.3) is 16.7 Å². The van der Waals surface area contributed by atoms with E-state index in [2.05, 4.69) is 52.1 Å². The average Bonchev–Trinajstić information content (AvgIpc) is 3.42. The van der Waals surface area contributed by atoms with E-state index in [1.54, 1.807) is 17.2 Å². The van der Waals surface area contributed by atoms with Crippen molar-refractivity contribution in [3.05, 3.63) is 64.7 Å². The average molecular weight is 406 g/mol. The summed E-state index contributed by atoms with van der Waals surface area (Å²) in [7, 11) is 0. The molecule has 1 aliphatic heterocycles. The molecule has 147 valence electrons. The first-order valence-electron chi connectivity index (χ1n) is 9.83. The van der Waals surface area contributed by atoms with E-state index in [0.717, 1.165) is 51.8 Å². The highest BCUT2D eigenvalue weighted by Crippen LogP contribution is 2.43. The van der Waals surface area contributed by atoms with Gasteiger partial charge in [-0.05, 0) is 49.4 Å². The van der Waals surface area contributed by atoms with Crippen LogP contribution >= 0.6 is 11.6 Å². The summed E-state index contributed by atoms with van der Waals surface area (Å²) >= 11 is 6.32. The molecule has 4 aromatic rings. The number of halogens is 1. The molecule has 1 N–H and O–H groups in total. The molecule has 1 fully saturated rings. The molecule has 0 saturated carbocycles. The van der Waals surface area contributed by atoms with Crippen LogP contribution in [0.5, 0.6) is 0 Å². The van der Waals surface area contributed by atoms with Crippen molar-refractivity contribution in [3.63, 3.8) is 0 Å². The van der Waals surface area contributed by atoms with Crippen LogP contribution in [0.15, 0.2) is 36.7 Å². The number of hydrogen-bond acceptors (Lipinski definition) is 4. The maximum atomic E-state index is 6.32. The number of anilines is 1. The topological polar surface area (TPSA) is 62.6 Å². The van der Waals surface area contributed by atoms with Gasteiger partial charge in [0.15, 0.2) is 0 Å². The van der Waals surface area contributed by atoms with Crippen molar-refractivity contribution in [2.45, 2.75) is 33.2 Å². The fraction of sp³-hybridized carbons (Fsp3) is 0.318. The van der Waals surface area contributed by atoms with E-state index in [1.165, 1.54) is 5.56 Å². The number of nitrogens with one attached hydrogen (secondary N) is 1. The summed E-state index contributed by atoms with van der Waals surface area (Å²) in [5.74, 6) is 1.42. The second-order valence-corrected chi connectivity index (χ2v) is 8.23. The van der Waals surface area contributed by atoms with Gasteiger partial charge in [-0.25, -0.2) is 4.98 Å². The van der Waals surface area contributed by atoms with Crippen molar-refractivity contribution in [1.82, 2.24) is 25.0 Å². The molecule has 3 heterocycles. The molecular formula is C22H22ClN6. The van der Waals surface area contributed by atoms with E-state index >= 15 is 0 Å². The van der Waals surface area contributed by atoms with Gasteiger partial charge in [-0.15, -0.1) is 4.80 Å². The number of aromatic nitrogens is 5. The Bertz CT molecular complexity index is 1140. The minimum absolute atomic E-state index is 0.130. The van der Waals surface area contributed by atoms with Crippen molar-refractivity contribution in [2.24, 2.45) is 5.92 Å². The van der Waals surface area contributed by atoms with E-state index in [0.29, 0.717) is 5.92 Å². The lowest BCUT2D eigenvalue weighted by Gasteiger charge is -2.30. The molecule has 6 nitrogen and oxygen atoms in total. The van der Waals surface area contributed by atoms with Crippen molar-refractivity contribution >= 4 is 28.3 Å². The summed E-state index contributed by atoms with van der Waals surface area (Å²) < 4.78 is 0. The van der Waals surface area contributed by atoms with Crippen LogP contribution in [-0.2, 0) is 0 Å². The first-order valence-corrected chi connectivity index (χ1v) is 10.2. The second kappa shape index (κ2) is 6.88. The van der Waals surface area contributed by atoms with Crippen LogP contribution in [0.3, 0.4) is 0 Å². The number of benzene rings is 2. The molecule has 1 aliphatic rings. The van der Waals surface area contributed by atoms with E-state index < -0.39 is 0 Å². The first-order chi connectivity index (χ1) is 14.0. The Kier molecular flexibility index (Phi) is 4.32. The summed E-state index contributed by atoms with van der Waals surface area (Å²) in [5, 5.41) is 9.42. The lowest BCUT2D eigenvalue weighted by atomic mass is 10.0. The minimum atomic E-state index is 0.130. The number of aromatic amines is 1. The molecule has 2 aromatic heterocycles. The molecule has 29 heavy (non-hydrogen) atoms. The SMILES string of the molecule is Cc1cc2[nH]c([C@@H]3[C@@H](C)CCN3c3c(-n4nccn4)[c]ccc3C)nc2cc1Cl. The van der Waals surface area contributed by atoms with Gasteiger partial charge in [-0.1, -0.05) is 30.7 Å². The summed E-state index contributed by atoms with van der Waals surface area (Å²) in [6.07, 6.45) is 4.46. The lowest BCUT2D eigenvalue weighted by Crippen LogP contribution is -2.27. The third kappa shape index (κ3) is 2.99. The van der Waals surface area contributed by atoms with Gasteiger partial charge in [-0.3, -0.25) is 0 Å². The Morgan fingerprint density at radius 1 is 1.17 bits per heavy atom. The molecule has 7 heteroatoms. The summed E-state index contributed by atoms with van der Waals surface area (Å²) in [5.41, 5.74) is 6.11. The van der Waals surface area contributed by atoms with Crippen LogP contribution in [-0.4, -0.2) is 31.5 Å². The molecule has 0 unspecified atom stereocenters. The van der Waals surface area contributed by atoms with Gasteiger partial charge in [0.2, 0.25) is 0 Å². The standard InChI is InChI=1S/C22H22ClN6/c1-13-5-4-6-19(29-24-8-9-25-29)20(13)28-10-7-14(2)21(28)22-26-17-11-15(3)16(23)12-18(17)27-22/h4-5,8-9,11-12,14,21H,7,10H2,1-3H3,(H,26,27)/t14-,21-/m0/s1. The molecule has 1 saturated heterocycles. The highest BCUT2D eigenvalue weighted by Gasteiger charge is 2.37. The van der Waals surface area contributed by atoms with Gasteiger partial charge in [-0.2, -0.15) is 10.2 Å². The molecule has 0 aliphatic carbocycles. The van der Waals surface area contributed by atoms with Crippen molar-refractivity contribution < 1.29 is 0 Å². The molecule has 5 rings (SSSR count). The number of aryl methyl sites for hydroxylation is 2. The highest BCUT2D eigenvalue weighted by molar-refractivity contribution is 6.32. The molecule has 0 amide bonds. The van der Waals surface area contributed by atoms with Crippen molar-refractivity contribution in [1.29, 1.82) is 0 Å². The van der Waals surface area contributed by atoms with Crippen LogP contribution in [0.2, 0.25) is 5.02 Å². The van der Waals surface area contributed by atoms with Crippen LogP contribution in [0, 0.1) is 25.8 Å². The van der Waals surface area contributed by atoms with E-state index in [-0.39, 0.29) is 6.04 Å². The van der Waals surface area contributed by atoms with E-state index in [4.69, 9.17) is 16.6 Å². The zero-order valence-electron chi connectivity index (χ0n) is 16.6. The number of hydrogen-bond donors (Lipinski definition) is 1. The van der Waals surface area contributed by atoms with Crippen LogP contribution in [0.4, 0.5) is 5.69 Å². The summed E-state index contributed by atoms with van der Waals surface area (Å²) in [6, 6.07) is 11.5. The fourth-order valence-electron chi connectivity index (χ4n) is 4.34. The summed E-state index contributed by atoms with van der Waals surface area (Å²) in [6.45, 7) is 7.36. The molecule has 2 aromatic carbocycles. The smallest absolute Gasteiger partial charge is 0.130 e. The highest BCUT2D eigenvalue weighted by atomic mass is 35.5. The number of nitrogens with zero attached hydrogens (tertiary/aromatic N) is 5. The van der Waals surface area contributed by atoms with Gasteiger partial charge in [0.05, 0.1) is 35.2 Å². The maximum Gasteiger partial charge on any atom is 0.130 e. The number of imidazole rings is 1. The predicted molar refractivity (Wildman–Crippen MR) is 115 cm³/mol. The van der Waals surface area contributed by atoms with Gasteiger partial charge in [0, 0.05) is 17.6 Å². The maximum absolute atomic E-state index is 6.32. The quantitative estimate of drug-likeness (QED) is 0.531. The molecule has 1 radical (unpaired) electrons. The Hall–Kier alpha value is -2.86. The second-order valence-electron chi connectivity index (χ2n) is 7.82. The first kappa shape index (κ1) is 18.2. The largest absolute Gasteiger partial charge is 0.359 e. The third-order valence-corrected chi connectivity index (χ3v) is 6.23. The zero-order chi connectivity index (χ0) is 20.1. The molecule has 0 bridgehead atoms. The fourth-order valence-corrected chi connectivity index (χ4v) is 4.50. The zero-order valence-corrected chi connectivity index (χ0v) is 17.4. The van der Waals surface area contributed by atoms with Crippen LogP contribution in [0.1, 0.15) is 36.3 Å². The Labute approximate surface area is 174 Å². The van der Waals surface area contributed by atoms with Crippen molar-refractivity contribution in [2.75, 3.05) is 11.4 Å². The van der Waals surface area contributed by atoms with E-state index in [1.807, 2.05) is 19.1 Å². The minimum Gasteiger partial charge on any atom is -0.359 e. The van der Waals surface area contributed by atoms with Gasteiger partial charge >= 0.3 is 0 Å². The molecule has 0 spiro atoms. The lowest BCUT2D eigenvalue weighted by molar-refractivity contribution is 0.513.